The normalized spacial score (nSPS) is 14.1. The van der Waals surface area contributed by atoms with Gasteiger partial charge < -0.3 is 9.31 Å². The molecule has 1 aliphatic heterocycles. The van der Waals surface area contributed by atoms with Crippen molar-refractivity contribution in [1.82, 2.24) is 0 Å². The number of thiophene rings is 2. The molecule has 2 aromatic heterocycles. The Hall–Kier alpha value is -6.86. The number of nitro benzene ring substituents is 1. The van der Waals surface area contributed by atoms with Crippen molar-refractivity contribution < 1.29 is 19.0 Å². The van der Waals surface area contributed by atoms with Gasteiger partial charge in [-0.2, -0.15) is 0 Å². The number of rotatable bonds is 4. The predicted molar refractivity (Wildman–Crippen MR) is 300 cm³/mol. The van der Waals surface area contributed by atoms with Crippen molar-refractivity contribution in [2.75, 3.05) is 7.05 Å². The summed E-state index contributed by atoms with van der Waals surface area (Å²) in [5, 5.41) is 26.3. The van der Waals surface area contributed by atoms with Gasteiger partial charge in [-0.3, -0.25) is 10.1 Å². The zero-order valence-electron chi connectivity index (χ0n) is 39.0. The van der Waals surface area contributed by atoms with E-state index >= 15 is 0 Å². The van der Waals surface area contributed by atoms with Gasteiger partial charge in [-0.15, -0.1) is 22.7 Å². The molecule has 70 heavy (non-hydrogen) atoms. The predicted octanol–water partition coefficient (Wildman–Crippen LogP) is 17.1. The van der Waals surface area contributed by atoms with E-state index in [9.17, 15) is 15.0 Å². The molecule has 1 fully saturated rings. The number of para-hydroxylation sites is 2. The van der Waals surface area contributed by atoms with Crippen LogP contribution in [0.4, 0.5) is 11.4 Å². The van der Waals surface area contributed by atoms with Crippen molar-refractivity contribution >= 4 is 146 Å². The highest BCUT2D eigenvalue weighted by molar-refractivity contribution is 9.10. The second-order valence-corrected chi connectivity index (χ2v) is 21.5. The molecule has 13 rings (SSSR count). The molecule has 3 heterocycles. The molecule has 11 heteroatoms. The second-order valence-electron chi connectivity index (χ2n) is 18.6. The summed E-state index contributed by atoms with van der Waals surface area (Å²) in [4.78, 5) is 22.2. The van der Waals surface area contributed by atoms with Gasteiger partial charge in [0.15, 0.2) is 7.05 Å². The summed E-state index contributed by atoms with van der Waals surface area (Å²) in [6.07, 6.45) is 0. The van der Waals surface area contributed by atoms with Gasteiger partial charge >= 0.3 is 7.12 Å². The van der Waals surface area contributed by atoms with Crippen LogP contribution in [0.2, 0.25) is 0 Å². The molecule has 0 radical (unpaired) electrons. The molecule has 0 saturated carbocycles. The summed E-state index contributed by atoms with van der Waals surface area (Å²) in [5.74, 6) is 0. The van der Waals surface area contributed by atoms with E-state index in [-0.39, 0.29) is 28.9 Å². The molecule has 10 aromatic carbocycles. The number of nitroso groups, excluding NO2 is 1. The van der Waals surface area contributed by atoms with Crippen molar-refractivity contribution in [3.05, 3.63) is 201 Å². The van der Waals surface area contributed by atoms with Crippen LogP contribution in [0.25, 0.3) is 94.6 Å². The van der Waals surface area contributed by atoms with E-state index in [0.29, 0.717) is 11.3 Å². The molecule has 0 N–H and O–H groups in total. The van der Waals surface area contributed by atoms with Crippen LogP contribution in [-0.4, -0.2) is 35.1 Å². The summed E-state index contributed by atoms with van der Waals surface area (Å²) in [6, 6.07) is 61.5. The first-order valence-electron chi connectivity index (χ1n) is 23.1. The van der Waals surface area contributed by atoms with E-state index < -0.39 is 0 Å². The van der Waals surface area contributed by atoms with Crippen molar-refractivity contribution in [1.29, 1.82) is 0 Å². The molecule has 0 amide bonds. The fourth-order valence-corrected chi connectivity index (χ4v) is 12.7. The van der Waals surface area contributed by atoms with Crippen LogP contribution in [0.1, 0.15) is 27.7 Å². The average Bonchev–Trinajstić information content (AvgIpc) is 4.00. The van der Waals surface area contributed by atoms with E-state index in [0.717, 1.165) is 31.0 Å². The van der Waals surface area contributed by atoms with E-state index in [1.165, 1.54) is 79.7 Å². The van der Waals surface area contributed by atoms with E-state index in [2.05, 4.69) is 165 Å². The fourth-order valence-electron chi connectivity index (χ4n) is 9.70. The molecule has 0 spiro atoms. The lowest BCUT2D eigenvalue weighted by atomic mass is 9.75. The first-order valence-corrected chi connectivity index (χ1v) is 25.5. The maximum absolute atomic E-state index is 11.8. The lowest BCUT2D eigenvalue weighted by Crippen LogP contribution is -2.41. The molecule has 1 saturated heterocycles. The molecule has 0 bridgehead atoms. The third-order valence-electron chi connectivity index (χ3n) is 13.9. The van der Waals surface area contributed by atoms with E-state index in [4.69, 9.17) is 9.31 Å². The van der Waals surface area contributed by atoms with Crippen LogP contribution in [0.3, 0.4) is 0 Å². The number of hydrogen-bond acceptors (Lipinski definition) is 7. The van der Waals surface area contributed by atoms with Crippen LogP contribution in [0, 0.1) is 15.0 Å². The molecule has 342 valence electrons. The van der Waals surface area contributed by atoms with Crippen molar-refractivity contribution in [3.8, 4) is 11.1 Å². The Balaban J connectivity index is 0.000000128. The standard InChI is InChI=1S/C26H23BO2S.C26H15NO2S.C7H7BrNO/c1-25(2)26(3,4)29-27(28-25)21-15-20-18-11-7-8-12-22(18)30-24(20)23-17-10-6-5-9-16(17)13-14-19(21)23;28-27(29)23-11-5-3-9-18(23)21-15-22-19-10-4-6-12-24(19)30-26(22)25-17-8-2-1-7-16(17)13-14-20(21)25;1-9(10)7-5-3-2-4-6(7)8/h5-15H,1-4H3;1-15H;2-5H,1H3/q;;+1. The smallest absolute Gasteiger partial charge is 0.399 e. The largest absolute Gasteiger partial charge is 0.495 e. The zero-order valence-corrected chi connectivity index (χ0v) is 42.2. The Bertz CT molecular complexity index is 4070. The van der Waals surface area contributed by atoms with Crippen molar-refractivity contribution in [2.45, 2.75) is 38.9 Å². The van der Waals surface area contributed by atoms with Crippen molar-refractivity contribution in [2.24, 2.45) is 0 Å². The highest BCUT2D eigenvalue weighted by atomic mass is 79.9. The fraction of sp³-hybridized carbons (Fsp3) is 0.119. The summed E-state index contributed by atoms with van der Waals surface area (Å²) in [7, 11) is 1.09. The average molecular weight is 1020 g/mol. The van der Waals surface area contributed by atoms with Gasteiger partial charge in [0.25, 0.3) is 11.4 Å². The zero-order chi connectivity index (χ0) is 48.5. The van der Waals surface area contributed by atoms with Crippen LogP contribution < -0.4 is 5.46 Å². The molecule has 1 aliphatic rings. The molecular weight excluding hydrogens is 972 g/mol. The molecule has 12 aromatic rings. The lowest BCUT2D eigenvalue weighted by Gasteiger charge is -2.32. The Labute approximate surface area is 420 Å². The van der Waals surface area contributed by atoms with Gasteiger partial charge in [0.1, 0.15) is 0 Å². The Morgan fingerprint density at radius 3 is 1.49 bits per heavy atom. The minimum absolute atomic E-state index is 0.130. The number of fused-ring (bicyclic) bond motifs is 14. The van der Waals surface area contributed by atoms with E-state index in [1.54, 1.807) is 29.5 Å². The number of benzene rings is 10. The molecule has 0 atom stereocenters. The maximum Gasteiger partial charge on any atom is 0.495 e. The Morgan fingerprint density at radius 1 is 0.486 bits per heavy atom. The SMILES string of the molecule is CC1(C)OB(c2cc3c4ccccc4sc3c3c2ccc2ccccc23)OC1(C)C.C[N+](=O)c1ccccc1Br.O=[N+]([O-])c1ccccc1-c1cc2c3ccccc3sc2c2c1ccc1ccccc12. The second kappa shape index (κ2) is 17.8. The highest BCUT2D eigenvalue weighted by Gasteiger charge is 2.52. The first kappa shape index (κ1) is 45.6. The third-order valence-corrected chi connectivity index (χ3v) is 16.9. The minimum Gasteiger partial charge on any atom is -0.399 e. The van der Waals surface area contributed by atoms with Gasteiger partial charge in [0, 0.05) is 72.9 Å². The molecule has 0 unspecified atom stereocenters. The van der Waals surface area contributed by atoms with E-state index in [1.807, 2.05) is 53.8 Å². The van der Waals surface area contributed by atoms with Gasteiger partial charge in [0.05, 0.1) is 26.2 Å². The van der Waals surface area contributed by atoms with Crippen LogP contribution >= 0.6 is 38.6 Å². The van der Waals surface area contributed by atoms with Gasteiger partial charge in [0.2, 0.25) is 0 Å². The number of hydrogen-bond donors (Lipinski definition) is 0. The summed E-state index contributed by atoms with van der Waals surface area (Å²) in [6.45, 7) is 8.46. The quantitative estimate of drug-likeness (QED) is 0.0577. The van der Waals surface area contributed by atoms with Crippen LogP contribution in [0.5, 0.6) is 0 Å². The summed E-state index contributed by atoms with van der Waals surface area (Å²) >= 11 is 6.92. The Kier molecular flexibility index (Phi) is 11.6. The monoisotopic (exact) mass is 1020 g/mol. The molecule has 0 aliphatic carbocycles. The van der Waals surface area contributed by atoms with Gasteiger partial charge in [-0.25, -0.2) is 0 Å². The number of nitro groups is 1. The van der Waals surface area contributed by atoms with Crippen LogP contribution in [0.15, 0.2) is 186 Å². The maximum atomic E-state index is 11.8. The third kappa shape index (κ3) is 7.82. The molecule has 7 nitrogen and oxygen atoms in total. The highest BCUT2D eigenvalue weighted by Crippen LogP contribution is 2.47. The Morgan fingerprint density at radius 2 is 0.943 bits per heavy atom. The minimum atomic E-state index is -0.387. The van der Waals surface area contributed by atoms with Crippen molar-refractivity contribution in [3.63, 3.8) is 0 Å². The topological polar surface area (TPSA) is 81.7 Å². The first-order chi connectivity index (χ1) is 33.8. The number of nitrogens with zero attached hydrogens (tertiary/aromatic N) is 2. The summed E-state index contributed by atoms with van der Waals surface area (Å²) in [5.41, 5.74) is 2.72. The number of halogens is 1. The van der Waals surface area contributed by atoms with Gasteiger partial charge in [-0.05, 0) is 117 Å². The molecular formula is C59H45BBrN2O5S2+. The van der Waals surface area contributed by atoms with Gasteiger partial charge in [-0.1, -0.05) is 140 Å². The lowest BCUT2D eigenvalue weighted by molar-refractivity contribution is -0.429. The summed E-state index contributed by atoms with van der Waals surface area (Å²) < 4.78 is 19.7. The van der Waals surface area contributed by atoms with Crippen LogP contribution in [-0.2, 0) is 9.31 Å².